The molecule has 1 aliphatic rings. The van der Waals surface area contributed by atoms with Crippen LogP contribution in [0.4, 0.5) is 5.69 Å². The van der Waals surface area contributed by atoms with E-state index in [0.29, 0.717) is 29.3 Å². The molecule has 114 valence electrons. The van der Waals surface area contributed by atoms with E-state index in [1.165, 1.54) is 0 Å². The molecule has 1 fully saturated rings. The molecule has 1 aromatic heterocycles. The highest BCUT2D eigenvalue weighted by atomic mass is 35.5. The van der Waals surface area contributed by atoms with E-state index in [1.807, 2.05) is 0 Å². The molecule has 0 unspecified atom stereocenters. The lowest BCUT2D eigenvalue weighted by Crippen LogP contribution is -2.39. The highest BCUT2D eigenvalue weighted by molar-refractivity contribution is 6.31. The van der Waals surface area contributed by atoms with Crippen molar-refractivity contribution in [1.82, 2.24) is 5.32 Å². The number of nitrogens with one attached hydrogen (secondary N) is 2. The van der Waals surface area contributed by atoms with Crippen LogP contribution in [0.1, 0.15) is 18.6 Å². The summed E-state index contributed by atoms with van der Waals surface area (Å²) in [5.41, 5.74) is -0.392. The second-order valence-corrected chi connectivity index (χ2v) is 5.75. The predicted molar refractivity (Wildman–Crippen MR) is 82.3 cm³/mol. The monoisotopic (exact) mass is 318 g/mol. The van der Waals surface area contributed by atoms with Crippen LogP contribution < -0.4 is 10.6 Å². The van der Waals surface area contributed by atoms with Gasteiger partial charge in [0.05, 0.1) is 12.8 Å². The van der Waals surface area contributed by atoms with Gasteiger partial charge in [-0.25, -0.2) is 0 Å². The number of carbonyl (C=O) groups is 2. The van der Waals surface area contributed by atoms with Crippen molar-refractivity contribution < 1.29 is 14.0 Å². The van der Waals surface area contributed by atoms with Gasteiger partial charge in [-0.15, -0.1) is 0 Å². The Kier molecular flexibility index (Phi) is 3.90. The molecule has 1 aliphatic carbocycles. The largest absolute Gasteiger partial charge is 0.467 e. The van der Waals surface area contributed by atoms with Crippen molar-refractivity contribution in [3.05, 3.63) is 53.4 Å². The molecular formula is C16H15ClN2O3. The molecule has 22 heavy (non-hydrogen) atoms. The van der Waals surface area contributed by atoms with Crippen molar-refractivity contribution in [2.45, 2.75) is 19.4 Å². The van der Waals surface area contributed by atoms with Crippen LogP contribution in [0.25, 0.3) is 0 Å². The van der Waals surface area contributed by atoms with Crippen LogP contribution in [0.2, 0.25) is 5.02 Å². The average molecular weight is 319 g/mol. The summed E-state index contributed by atoms with van der Waals surface area (Å²) in [6.45, 7) is 0.276. The molecule has 6 heteroatoms. The number of amides is 2. The second-order valence-electron chi connectivity index (χ2n) is 5.31. The fourth-order valence-electron chi connectivity index (χ4n) is 2.25. The Labute approximate surface area is 132 Å². The zero-order valence-electron chi connectivity index (χ0n) is 11.8. The molecule has 1 saturated carbocycles. The molecule has 0 aliphatic heterocycles. The van der Waals surface area contributed by atoms with Gasteiger partial charge >= 0.3 is 0 Å². The fourth-order valence-corrected chi connectivity index (χ4v) is 2.44. The number of furan rings is 1. The van der Waals surface area contributed by atoms with Gasteiger partial charge in [-0.05, 0) is 43.2 Å². The minimum Gasteiger partial charge on any atom is -0.467 e. The molecule has 2 N–H and O–H groups in total. The van der Waals surface area contributed by atoms with Gasteiger partial charge in [-0.1, -0.05) is 17.7 Å². The van der Waals surface area contributed by atoms with Crippen molar-refractivity contribution in [3.63, 3.8) is 0 Å². The van der Waals surface area contributed by atoms with E-state index in [0.717, 1.165) is 0 Å². The molecule has 5 nitrogen and oxygen atoms in total. The van der Waals surface area contributed by atoms with Crippen molar-refractivity contribution >= 4 is 29.1 Å². The minimum absolute atomic E-state index is 0.275. The molecule has 0 spiro atoms. The number of rotatable bonds is 5. The smallest absolute Gasteiger partial charge is 0.240 e. The van der Waals surface area contributed by atoms with Gasteiger partial charge in [-0.2, -0.15) is 0 Å². The Morgan fingerprint density at radius 2 is 2.00 bits per heavy atom. The first-order chi connectivity index (χ1) is 10.6. The van der Waals surface area contributed by atoms with Crippen LogP contribution in [0.15, 0.2) is 47.1 Å². The lowest BCUT2D eigenvalue weighted by Gasteiger charge is -2.15. The van der Waals surface area contributed by atoms with Gasteiger partial charge in [0.2, 0.25) is 11.8 Å². The van der Waals surface area contributed by atoms with E-state index >= 15 is 0 Å². The molecule has 2 amide bonds. The first kappa shape index (κ1) is 14.7. The number of carbonyl (C=O) groups excluding carboxylic acids is 2. The summed E-state index contributed by atoms with van der Waals surface area (Å²) in [7, 11) is 0. The van der Waals surface area contributed by atoms with E-state index in [9.17, 15) is 9.59 Å². The Bertz CT molecular complexity index is 693. The van der Waals surface area contributed by atoms with Gasteiger partial charge in [0.25, 0.3) is 0 Å². The van der Waals surface area contributed by atoms with Crippen molar-refractivity contribution in [2.24, 2.45) is 5.41 Å². The van der Waals surface area contributed by atoms with E-state index in [1.54, 1.807) is 42.7 Å². The summed E-state index contributed by atoms with van der Waals surface area (Å²) in [5, 5.41) is 6.03. The van der Waals surface area contributed by atoms with Crippen molar-refractivity contribution in [1.29, 1.82) is 0 Å². The summed E-state index contributed by atoms with van der Waals surface area (Å²) in [6.07, 6.45) is 2.63. The molecule has 0 radical (unpaired) electrons. The molecule has 2 aromatic rings. The van der Waals surface area contributed by atoms with Crippen molar-refractivity contribution in [2.75, 3.05) is 5.32 Å². The third kappa shape index (κ3) is 2.99. The van der Waals surface area contributed by atoms with E-state index in [4.69, 9.17) is 16.0 Å². The zero-order valence-corrected chi connectivity index (χ0v) is 12.5. The van der Waals surface area contributed by atoms with Gasteiger partial charge in [0.15, 0.2) is 0 Å². The summed E-state index contributed by atoms with van der Waals surface area (Å²) < 4.78 is 5.16. The highest BCUT2D eigenvalue weighted by Crippen LogP contribution is 2.47. The van der Waals surface area contributed by atoms with Crippen LogP contribution in [-0.4, -0.2) is 11.8 Å². The number of benzene rings is 1. The number of hydrogen-bond acceptors (Lipinski definition) is 3. The van der Waals surface area contributed by atoms with E-state index in [2.05, 4.69) is 10.6 Å². The average Bonchev–Trinajstić information content (AvgIpc) is 3.15. The van der Waals surface area contributed by atoms with Crippen LogP contribution in [-0.2, 0) is 16.1 Å². The normalized spacial score (nSPS) is 15.1. The van der Waals surface area contributed by atoms with Crippen LogP contribution in [0.5, 0.6) is 0 Å². The van der Waals surface area contributed by atoms with Crippen LogP contribution in [0, 0.1) is 5.41 Å². The summed E-state index contributed by atoms with van der Waals surface area (Å²) in [4.78, 5) is 24.7. The standard InChI is InChI=1S/C16H15ClN2O3/c17-11-3-1-4-12(9-11)19-15(21)16(6-7-16)14(20)18-10-13-5-2-8-22-13/h1-5,8-9H,6-7,10H2,(H,18,20)(H,19,21). The Morgan fingerprint density at radius 3 is 2.64 bits per heavy atom. The van der Waals surface area contributed by atoms with Crippen LogP contribution >= 0.6 is 11.6 Å². The molecule has 1 aromatic carbocycles. The zero-order chi connectivity index (χ0) is 15.6. The highest BCUT2D eigenvalue weighted by Gasteiger charge is 2.56. The van der Waals surface area contributed by atoms with E-state index < -0.39 is 5.41 Å². The molecule has 0 bridgehead atoms. The predicted octanol–water partition coefficient (Wildman–Crippen LogP) is 2.97. The van der Waals surface area contributed by atoms with Crippen molar-refractivity contribution in [3.8, 4) is 0 Å². The molecule has 1 heterocycles. The molecule has 0 atom stereocenters. The lowest BCUT2D eigenvalue weighted by molar-refractivity contribution is -0.134. The van der Waals surface area contributed by atoms with Gasteiger partial charge in [0.1, 0.15) is 11.2 Å². The maximum atomic E-state index is 12.4. The third-order valence-electron chi connectivity index (χ3n) is 3.71. The third-order valence-corrected chi connectivity index (χ3v) is 3.94. The Hall–Kier alpha value is -2.27. The van der Waals surface area contributed by atoms with Gasteiger partial charge in [-0.3, -0.25) is 9.59 Å². The number of halogens is 1. The number of hydrogen-bond donors (Lipinski definition) is 2. The maximum absolute atomic E-state index is 12.4. The Morgan fingerprint density at radius 1 is 1.18 bits per heavy atom. The SMILES string of the molecule is O=C(NCc1ccco1)C1(C(=O)Nc2cccc(Cl)c2)CC1. The first-order valence-electron chi connectivity index (χ1n) is 6.98. The summed E-state index contributed by atoms with van der Waals surface area (Å²) in [6, 6.07) is 10.4. The minimum atomic E-state index is -0.977. The Balaban J connectivity index is 1.62. The van der Waals surface area contributed by atoms with Gasteiger partial charge in [0, 0.05) is 10.7 Å². The molecule has 0 saturated heterocycles. The summed E-state index contributed by atoms with van der Waals surface area (Å²) >= 11 is 5.89. The van der Waals surface area contributed by atoms with Crippen LogP contribution in [0.3, 0.4) is 0 Å². The maximum Gasteiger partial charge on any atom is 0.240 e. The fraction of sp³-hybridized carbons (Fsp3) is 0.250. The first-order valence-corrected chi connectivity index (χ1v) is 7.36. The quantitative estimate of drug-likeness (QED) is 0.833. The number of anilines is 1. The van der Waals surface area contributed by atoms with E-state index in [-0.39, 0.29) is 18.4 Å². The molecular weight excluding hydrogens is 304 g/mol. The topological polar surface area (TPSA) is 71.3 Å². The second kappa shape index (κ2) is 5.85. The molecule has 3 rings (SSSR count). The summed E-state index contributed by atoms with van der Waals surface area (Å²) in [5.74, 6) is 0.0783. The lowest BCUT2D eigenvalue weighted by atomic mass is 10.0. The van der Waals surface area contributed by atoms with Gasteiger partial charge < -0.3 is 15.1 Å².